The summed E-state index contributed by atoms with van der Waals surface area (Å²) in [5, 5.41) is 14.6. The zero-order chi connectivity index (χ0) is 27.8. The van der Waals surface area contributed by atoms with Crippen LogP contribution in [0.5, 0.6) is 0 Å². The Labute approximate surface area is 221 Å². The number of anilines is 2. The average molecular weight is 527 g/mol. The Balaban J connectivity index is 1.40. The fourth-order valence-electron chi connectivity index (χ4n) is 4.63. The number of H-pyrrole nitrogens is 2. The van der Waals surface area contributed by atoms with Gasteiger partial charge in [0.15, 0.2) is 0 Å². The third-order valence-electron chi connectivity index (χ3n) is 6.65. The zero-order valence-electron chi connectivity index (χ0n) is 20.9. The zero-order valence-corrected chi connectivity index (χ0v) is 20.9. The van der Waals surface area contributed by atoms with Crippen LogP contribution in [0, 0.1) is 19.7 Å². The van der Waals surface area contributed by atoms with E-state index in [1.807, 2.05) is 0 Å². The number of carboxylic acid groups (broad SMARTS) is 1. The summed E-state index contributed by atoms with van der Waals surface area (Å²) in [5.41, 5.74) is 4.66. The smallest absolute Gasteiger partial charge is 0.307 e. The molecule has 4 aromatic rings. The third-order valence-corrected chi connectivity index (χ3v) is 6.65. The van der Waals surface area contributed by atoms with E-state index in [1.165, 1.54) is 36.7 Å². The monoisotopic (exact) mass is 526 g/mol. The van der Waals surface area contributed by atoms with Crippen molar-refractivity contribution in [2.75, 3.05) is 10.6 Å². The van der Waals surface area contributed by atoms with Crippen molar-refractivity contribution in [1.82, 2.24) is 9.97 Å². The summed E-state index contributed by atoms with van der Waals surface area (Å²) in [5.74, 6) is -2.37. The molecule has 5 rings (SSSR count). The summed E-state index contributed by atoms with van der Waals surface area (Å²) < 4.78 is 13.3. The number of benzene rings is 2. The van der Waals surface area contributed by atoms with E-state index in [1.54, 1.807) is 38.1 Å². The highest BCUT2D eigenvalue weighted by Crippen LogP contribution is 2.36. The number of hydrogen-bond acceptors (Lipinski definition) is 4. The van der Waals surface area contributed by atoms with Crippen LogP contribution in [0.4, 0.5) is 15.8 Å². The van der Waals surface area contributed by atoms with Gasteiger partial charge in [-0.1, -0.05) is 18.2 Å². The lowest BCUT2D eigenvalue weighted by molar-refractivity contribution is -0.136. The first-order valence-corrected chi connectivity index (χ1v) is 12.0. The maximum absolute atomic E-state index is 13.3. The summed E-state index contributed by atoms with van der Waals surface area (Å²) in [6.45, 7) is 3.58. The molecule has 0 atom stereocenters. The van der Waals surface area contributed by atoms with Crippen LogP contribution in [-0.4, -0.2) is 32.9 Å². The number of aliphatic carboxylic acids is 1. The lowest BCUT2D eigenvalue weighted by Gasteiger charge is -2.08. The number of halogens is 1. The van der Waals surface area contributed by atoms with Crippen molar-refractivity contribution < 1.29 is 23.9 Å². The molecule has 0 spiro atoms. The Hall–Kier alpha value is -5.25. The van der Waals surface area contributed by atoms with Crippen LogP contribution in [0.3, 0.4) is 0 Å². The van der Waals surface area contributed by atoms with Gasteiger partial charge in [-0.15, -0.1) is 0 Å². The van der Waals surface area contributed by atoms with Gasteiger partial charge in [-0.2, -0.15) is 0 Å². The molecule has 0 saturated heterocycles. The number of rotatable bonds is 6. The van der Waals surface area contributed by atoms with Crippen LogP contribution >= 0.6 is 0 Å². The van der Waals surface area contributed by atoms with Crippen LogP contribution in [0.1, 0.15) is 38.4 Å². The predicted octanol–water partition coefficient (Wildman–Crippen LogP) is 4.50. The summed E-state index contributed by atoms with van der Waals surface area (Å²) in [7, 11) is 0. The van der Waals surface area contributed by atoms with E-state index in [9.17, 15) is 28.7 Å². The Kier molecular flexibility index (Phi) is 6.45. The largest absolute Gasteiger partial charge is 0.481 e. The van der Waals surface area contributed by atoms with Crippen molar-refractivity contribution in [3.63, 3.8) is 0 Å². The highest BCUT2D eigenvalue weighted by atomic mass is 19.1. The molecule has 0 fully saturated rings. The molecule has 1 aliphatic heterocycles. The second-order valence-corrected chi connectivity index (χ2v) is 9.18. The molecule has 196 valence electrons. The number of aromatic nitrogens is 2. The van der Waals surface area contributed by atoms with Gasteiger partial charge in [-0.05, 0) is 60.9 Å². The van der Waals surface area contributed by atoms with E-state index >= 15 is 0 Å². The number of fused-ring (bicyclic) bond motifs is 1. The lowest BCUT2D eigenvalue weighted by atomic mass is 10.0. The van der Waals surface area contributed by atoms with Gasteiger partial charge < -0.3 is 25.7 Å². The molecule has 1 aliphatic rings. The normalized spacial score (nSPS) is 13.3. The third kappa shape index (κ3) is 4.87. The molecule has 0 saturated carbocycles. The highest BCUT2D eigenvalue weighted by molar-refractivity contribution is 6.35. The van der Waals surface area contributed by atoms with Crippen LogP contribution in [-0.2, 0) is 16.0 Å². The molecular weight excluding hydrogens is 503 g/mol. The number of nitrogens with one attached hydrogen (secondary N) is 4. The molecule has 2 aromatic carbocycles. The van der Waals surface area contributed by atoms with Crippen molar-refractivity contribution in [2.24, 2.45) is 0 Å². The fourth-order valence-corrected chi connectivity index (χ4v) is 4.63. The molecule has 0 aliphatic carbocycles. The predicted molar refractivity (Wildman–Crippen MR) is 145 cm³/mol. The summed E-state index contributed by atoms with van der Waals surface area (Å²) >= 11 is 0. The maximum Gasteiger partial charge on any atom is 0.307 e. The number of amides is 2. The maximum atomic E-state index is 13.3. The van der Waals surface area contributed by atoms with Gasteiger partial charge >= 0.3 is 5.97 Å². The van der Waals surface area contributed by atoms with E-state index in [4.69, 9.17) is 0 Å². The molecule has 2 aromatic heterocycles. The molecule has 39 heavy (non-hydrogen) atoms. The van der Waals surface area contributed by atoms with Crippen molar-refractivity contribution >= 4 is 40.8 Å². The van der Waals surface area contributed by atoms with Gasteiger partial charge in [0.05, 0.1) is 17.7 Å². The van der Waals surface area contributed by atoms with E-state index < -0.39 is 23.1 Å². The Morgan fingerprint density at radius 2 is 1.77 bits per heavy atom. The van der Waals surface area contributed by atoms with E-state index in [0.717, 1.165) is 11.3 Å². The number of aromatic amines is 2. The SMILES string of the molecule is Cc1[nH]c(/C=C2\C(=O)Nc3cc(NC(=O)c4c[nH]cc(-c5ccc(F)cc5)c4=O)ccc32)c(C)c1CC(=O)O. The Morgan fingerprint density at radius 3 is 2.49 bits per heavy atom. The lowest BCUT2D eigenvalue weighted by Crippen LogP contribution is -2.22. The van der Waals surface area contributed by atoms with Crippen LogP contribution in [0.25, 0.3) is 22.8 Å². The van der Waals surface area contributed by atoms with Crippen LogP contribution in [0.2, 0.25) is 0 Å². The van der Waals surface area contributed by atoms with E-state index in [2.05, 4.69) is 20.6 Å². The fraction of sp³-hybridized carbons (Fsp3) is 0.103. The van der Waals surface area contributed by atoms with Crippen LogP contribution < -0.4 is 16.1 Å². The van der Waals surface area contributed by atoms with Gasteiger partial charge in [0.25, 0.3) is 11.8 Å². The molecule has 5 N–H and O–H groups in total. The van der Waals surface area contributed by atoms with Crippen molar-refractivity contribution in [2.45, 2.75) is 20.3 Å². The average Bonchev–Trinajstić information content (AvgIpc) is 3.34. The van der Waals surface area contributed by atoms with Crippen molar-refractivity contribution in [3.05, 3.63) is 105 Å². The number of pyridine rings is 1. The van der Waals surface area contributed by atoms with E-state index in [-0.39, 0.29) is 23.5 Å². The second-order valence-electron chi connectivity index (χ2n) is 9.18. The molecular formula is C29H23FN4O5. The molecule has 0 unspecified atom stereocenters. The number of carbonyl (C=O) groups excluding carboxylic acids is 2. The molecule has 10 heteroatoms. The molecule has 0 bridgehead atoms. The first-order valence-electron chi connectivity index (χ1n) is 12.0. The minimum Gasteiger partial charge on any atom is -0.481 e. The minimum atomic E-state index is -0.942. The number of hydrogen-bond donors (Lipinski definition) is 5. The molecule has 3 heterocycles. The van der Waals surface area contributed by atoms with E-state index in [0.29, 0.717) is 39.3 Å². The summed E-state index contributed by atoms with van der Waals surface area (Å²) in [6, 6.07) is 10.3. The summed E-state index contributed by atoms with van der Waals surface area (Å²) in [4.78, 5) is 55.8. The standard InChI is InChI=1S/C29H23FN4O5/c1-14-20(11-26(35)36)15(2)32-24(14)10-21-19-8-7-18(9-25(19)34-28(21)38)33-29(39)23-13-31-12-22(27(23)37)16-3-5-17(30)6-4-16/h3-10,12-13,32H,11H2,1-2H3,(H,31,37)(H,33,39)(H,34,38)(H,35,36)/b21-10-. The number of carboxylic acids is 1. The molecule has 9 nitrogen and oxygen atoms in total. The van der Waals surface area contributed by atoms with Gasteiger partial charge in [0.1, 0.15) is 11.4 Å². The Bertz CT molecular complexity index is 1750. The topological polar surface area (TPSA) is 144 Å². The van der Waals surface area contributed by atoms with Gasteiger partial charge in [-0.25, -0.2) is 4.39 Å². The first-order chi connectivity index (χ1) is 18.6. The quantitative estimate of drug-likeness (QED) is 0.235. The van der Waals surface area contributed by atoms with Crippen molar-refractivity contribution in [1.29, 1.82) is 0 Å². The van der Waals surface area contributed by atoms with Gasteiger partial charge in [-0.3, -0.25) is 19.2 Å². The Morgan fingerprint density at radius 1 is 1.03 bits per heavy atom. The van der Waals surface area contributed by atoms with Crippen LogP contribution in [0.15, 0.2) is 59.7 Å². The van der Waals surface area contributed by atoms with Gasteiger partial charge in [0.2, 0.25) is 5.43 Å². The number of carbonyl (C=O) groups is 3. The van der Waals surface area contributed by atoms with Crippen molar-refractivity contribution in [3.8, 4) is 11.1 Å². The second kappa shape index (κ2) is 9.90. The van der Waals surface area contributed by atoms with Gasteiger partial charge in [0, 0.05) is 40.6 Å². The number of aryl methyl sites for hydroxylation is 1. The summed E-state index contributed by atoms with van der Waals surface area (Å²) in [6.07, 6.45) is 4.29. The first kappa shape index (κ1) is 25.4. The molecule has 0 radical (unpaired) electrons. The molecule has 2 amide bonds. The minimum absolute atomic E-state index is 0.126. The highest BCUT2D eigenvalue weighted by Gasteiger charge is 2.26.